The van der Waals surface area contributed by atoms with Crippen molar-refractivity contribution < 1.29 is 14.3 Å². The average Bonchev–Trinajstić information content (AvgIpc) is 3.27. The zero-order valence-electron chi connectivity index (χ0n) is 14.8. The number of hydrogen-bond donors (Lipinski definition) is 2. The number of anilines is 1. The number of aromatic nitrogens is 5. The van der Waals surface area contributed by atoms with Gasteiger partial charge < -0.3 is 5.73 Å². The summed E-state index contributed by atoms with van der Waals surface area (Å²) < 4.78 is 5.83. The van der Waals surface area contributed by atoms with Crippen LogP contribution in [-0.4, -0.2) is 42.4 Å². The van der Waals surface area contributed by atoms with Gasteiger partial charge in [0.1, 0.15) is 0 Å². The third-order valence-corrected chi connectivity index (χ3v) is 3.62. The Morgan fingerprint density at radius 2 is 2.21 bits per heavy atom. The Morgan fingerprint density at radius 3 is 2.86 bits per heavy atom. The fourth-order valence-electron chi connectivity index (χ4n) is 2.40. The van der Waals surface area contributed by atoms with Crippen LogP contribution >= 0.6 is 0 Å². The molecule has 3 N–H and O–H groups in total. The fourth-order valence-corrected chi connectivity index (χ4v) is 2.40. The van der Waals surface area contributed by atoms with Crippen LogP contribution in [-0.2, 0) is 0 Å². The summed E-state index contributed by atoms with van der Waals surface area (Å²) in [6, 6.07) is 5.80. The zero-order chi connectivity index (χ0) is 20.3. The number of non-ortho nitro benzene ring substituents is 1. The highest BCUT2D eigenvalue weighted by Gasteiger charge is 2.25. The normalized spacial score (nSPS) is 11.2. The number of nitro groups is 1. The molecule has 0 aliphatic carbocycles. The molecule has 0 aliphatic rings. The molecule has 13 nitrogen and oxygen atoms in total. The number of rotatable bonds is 6. The van der Waals surface area contributed by atoms with E-state index in [4.69, 9.17) is 5.73 Å². The Hall–Kier alpha value is -4.16. The van der Waals surface area contributed by atoms with E-state index in [1.807, 2.05) is 13.8 Å². The number of carbonyl (C=O) groups is 1. The van der Waals surface area contributed by atoms with E-state index in [1.54, 1.807) is 6.07 Å². The molecule has 0 spiro atoms. The summed E-state index contributed by atoms with van der Waals surface area (Å²) in [6.45, 7) is 3.67. The van der Waals surface area contributed by atoms with Crippen LogP contribution in [0.3, 0.4) is 0 Å². The first kappa shape index (κ1) is 18.6. The SMILES string of the molecule is CC(C)c1c(C(=O)N/N=C\c2cccc([N+](=O)[O-])c2)nnn1-c1nonc1N. The highest BCUT2D eigenvalue weighted by atomic mass is 16.6. The molecule has 13 heteroatoms. The van der Waals surface area contributed by atoms with Crippen molar-refractivity contribution in [3.63, 3.8) is 0 Å². The minimum Gasteiger partial charge on any atom is -0.378 e. The van der Waals surface area contributed by atoms with E-state index in [0.29, 0.717) is 11.3 Å². The van der Waals surface area contributed by atoms with Crippen molar-refractivity contribution in [2.24, 2.45) is 5.10 Å². The standard InChI is InChI=1S/C15H15N9O4/c1-8(2)12-11(18-22-23(12)14-13(16)20-28-21-14)15(25)19-17-7-9-4-3-5-10(6-9)24(26)27/h3-8H,1-2H3,(H2,16,20)(H,19,25)/b17-7-. The van der Waals surface area contributed by atoms with E-state index in [-0.39, 0.29) is 28.9 Å². The second-order valence-electron chi connectivity index (χ2n) is 5.91. The second kappa shape index (κ2) is 7.61. The largest absolute Gasteiger partial charge is 0.378 e. The van der Waals surface area contributed by atoms with Crippen molar-refractivity contribution in [2.45, 2.75) is 19.8 Å². The summed E-state index contributed by atoms with van der Waals surface area (Å²) in [5.74, 6) is -0.656. The second-order valence-corrected chi connectivity index (χ2v) is 5.91. The maximum atomic E-state index is 12.5. The van der Waals surface area contributed by atoms with Gasteiger partial charge in [-0.3, -0.25) is 14.9 Å². The minimum absolute atomic E-state index is 0.00227. The summed E-state index contributed by atoms with van der Waals surface area (Å²) in [5.41, 5.74) is 8.82. The molecule has 2 aromatic heterocycles. The van der Waals surface area contributed by atoms with Gasteiger partial charge in [0.2, 0.25) is 11.6 Å². The first-order valence-corrected chi connectivity index (χ1v) is 8.00. The fraction of sp³-hybridized carbons (Fsp3) is 0.200. The topological polar surface area (TPSA) is 180 Å². The van der Waals surface area contributed by atoms with Crippen LogP contribution < -0.4 is 11.2 Å². The van der Waals surface area contributed by atoms with Gasteiger partial charge in [-0.05, 0) is 16.2 Å². The van der Waals surface area contributed by atoms with E-state index in [2.05, 4.69) is 35.8 Å². The lowest BCUT2D eigenvalue weighted by atomic mass is 10.1. The van der Waals surface area contributed by atoms with Gasteiger partial charge in [-0.2, -0.15) is 9.78 Å². The van der Waals surface area contributed by atoms with Crippen molar-refractivity contribution >= 4 is 23.6 Å². The van der Waals surface area contributed by atoms with Crippen LogP contribution in [0.1, 0.15) is 41.5 Å². The molecule has 0 bridgehead atoms. The van der Waals surface area contributed by atoms with E-state index in [1.165, 1.54) is 29.1 Å². The van der Waals surface area contributed by atoms with Crippen molar-refractivity contribution in [3.8, 4) is 5.82 Å². The predicted octanol–water partition coefficient (Wildman–Crippen LogP) is 1.03. The quantitative estimate of drug-likeness (QED) is 0.356. The van der Waals surface area contributed by atoms with Crippen molar-refractivity contribution in [2.75, 3.05) is 5.73 Å². The highest BCUT2D eigenvalue weighted by molar-refractivity contribution is 5.94. The molecular weight excluding hydrogens is 370 g/mol. The molecule has 0 atom stereocenters. The molecule has 0 saturated carbocycles. The predicted molar refractivity (Wildman–Crippen MR) is 95.9 cm³/mol. The summed E-state index contributed by atoms with van der Waals surface area (Å²) >= 11 is 0. The Bertz CT molecular complexity index is 1050. The van der Waals surface area contributed by atoms with Crippen LogP contribution in [0.4, 0.5) is 11.5 Å². The van der Waals surface area contributed by atoms with Gasteiger partial charge in [-0.1, -0.05) is 31.2 Å². The third-order valence-electron chi connectivity index (χ3n) is 3.62. The van der Waals surface area contributed by atoms with Gasteiger partial charge in [0.15, 0.2) is 5.69 Å². The van der Waals surface area contributed by atoms with Crippen LogP contribution in [0.5, 0.6) is 0 Å². The van der Waals surface area contributed by atoms with E-state index in [0.717, 1.165) is 0 Å². The number of nitrogen functional groups attached to an aromatic ring is 1. The first-order chi connectivity index (χ1) is 13.4. The monoisotopic (exact) mass is 385 g/mol. The summed E-state index contributed by atoms with van der Waals surface area (Å²) in [6.07, 6.45) is 1.28. The van der Waals surface area contributed by atoms with Crippen LogP contribution in [0.25, 0.3) is 5.82 Å². The molecule has 3 rings (SSSR count). The molecule has 0 unspecified atom stereocenters. The molecule has 2 heterocycles. The number of nitrogens with two attached hydrogens (primary N) is 1. The van der Waals surface area contributed by atoms with Crippen LogP contribution in [0.15, 0.2) is 34.0 Å². The third kappa shape index (κ3) is 3.67. The van der Waals surface area contributed by atoms with Crippen LogP contribution in [0.2, 0.25) is 0 Å². The Labute approximate surface area is 157 Å². The molecule has 0 saturated heterocycles. The van der Waals surface area contributed by atoms with Gasteiger partial charge in [0, 0.05) is 17.7 Å². The summed E-state index contributed by atoms with van der Waals surface area (Å²) in [4.78, 5) is 22.7. The Morgan fingerprint density at radius 1 is 1.43 bits per heavy atom. The maximum Gasteiger partial charge on any atom is 0.293 e. The molecule has 0 aliphatic heterocycles. The number of nitro benzene ring substituents is 1. The molecule has 1 amide bonds. The summed E-state index contributed by atoms with van der Waals surface area (Å²) in [7, 11) is 0. The maximum absolute atomic E-state index is 12.5. The molecule has 0 radical (unpaired) electrons. The summed E-state index contributed by atoms with van der Waals surface area (Å²) in [5, 5.41) is 29.5. The Kier molecular flexibility index (Phi) is 5.06. The number of hydrazone groups is 1. The number of hydrogen-bond acceptors (Lipinski definition) is 10. The molecule has 3 aromatic rings. The number of benzene rings is 1. The minimum atomic E-state index is -0.619. The van der Waals surface area contributed by atoms with Crippen molar-refractivity contribution in [1.82, 2.24) is 30.7 Å². The highest BCUT2D eigenvalue weighted by Crippen LogP contribution is 2.22. The van der Waals surface area contributed by atoms with Gasteiger partial charge in [0.25, 0.3) is 11.6 Å². The lowest BCUT2D eigenvalue weighted by Gasteiger charge is -2.08. The average molecular weight is 385 g/mol. The van der Waals surface area contributed by atoms with Gasteiger partial charge in [0.05, 0.1) is 16.8 Å². The molecule has 0 fully saturated rings. The van der Waals surface area contributed by atoms with E-state index >= 15 is 0 Å². The van der Waals surface area contributed by atoms with Crippen molar-refractivity contribution in [1.29, 1.82) is 0 Å². The Balaban J connectivity index is 1.81. The molecule has 28 heavy (non-hydrogen) atoms. The lowest BCUT2D eigenvalue weighted by Crippen LogP contribution is -2.21. The first-order valence-electron chi connectivity index (χ1n) is 8.00. The smallest absolute Gasteiger partial charge is 0.293 e. The molecule has 1 aromatic carbocycles. The number of nitrogens with zero attached hydrogens (tertiary/aromatic N) is 7. The molecule has 144 valence electrons. The lowest BCUT2D eigenvalue weighted by molar-refractivity contribution is -0.384. The number of nitrogens with one attached hydrogen (secondary N) is 1. The van der Waals surface area contributed by atoms with E-state index in [9.17, 15) is 14.9 Å². The van der Waals surface area contributed by atoms with Gasteiger partial charge in [-0.25, -0.2) is 10.1 Å². The van der Waals surface area contributed by atoms with E-state index < -0.39 is 10.8 Å². The number of amides is 1. The van der Waals surface area contributed by atoms with Gasteiger partial charge >= 0.3 is 0 Å². The van der Waals surface area contributed by atoms with Crippen molar-refractivity contribution in [3.05, 3.63) is 51.3 Å². The number of carbonyl (C=O) groups excluding carboxylic acids is 1. The van der Waals surface area contributed by atoms with Crippen LogP contribution in [0, 0.1) is 10.1 Å². The zero-order valence-corrected chi connectivity index (χ0v) is 14.8. The van der Waals surface area contributed by atoms with Gasteiger partial charge in [-0.15, -0.1) is 5.10 Å². The molecular formula is C15H15N9O4.